The van der Waals surface area contributed by atoms with Crippen molar-refractivity contribution in [3.8, 4) is 0 Å². The number of likely N-dealkylation sites (N-methyl/N-ethyl adjacent to an activating group) is 1. The molecule has 0 radical (unpaired) electrons. The standard InChI is InChI=1S/C17H17F3N8/c1-26(15-7-6-14-23-24-16(17(18,19)20)28(14)25-15)11-8-27(9-11)13-5-4-12(21-22-13)10-2-3-10/h4-7,10-11H,2-3,8-9H2,1H3. The molecule has 1 aliphatic carbocycles. The lowest BCUT2D eigenvalue weighted by molar-refractivity contribution is -0.146. The first-order chi connectivity index (χ1) is 13.4. The Morgan fingerprint density at radius 1 is 1.00 bits per heavy atom. The minimum Gasteiger partial charge on any atom is -0.352 e. The minimum atomic E-state index is -4.61. The summed E-state index contributed by atoms with van der Waals surface area (Å²) in [6, 6.07) is 7.25. The number of halogens is 3. The van der Waals surface area contributed by atoms with Gasteiger partial charge in [-0.15, -0.1) is 20.4 Å². The van der Waals surface area contributed by atoms with E-state index < -0.39 is 12.0 Å². The van der Waals surface area contributed by atoms with Crippen LogP contribution in [0.1, 0.15) is 30.3 Å². The molecule has 5 rings (SSSR count). The Hall–Kier alpha value is -2.98. The summed E-state index contributed by atoms with van der Waals surface area (Å²) >= 11 is 0. The van der Waals surface area contributed by atoms with Gasteiger partial charge in [-0.25, -0.2) is 0 Å². The molecule has 0 aromatic carbocycles. The molecule has 0 bridgehead atoms. The van der Waals surface area contributed by atoms with Crippen LogP contribution >= 0.6 is 0 Å². The van der Waals surface area contributed by atoms with Crippen LogP contribution in [0.25, 0.3) is 5.65 Å². The van der Waals surface area contributed by atoms with Gasteiger partial charge >= 0.3 is 6.18 Å². The average molecular weight is 390 g/mol. The number of nitrogens with zero attached hydrogens (tertiary/aromatic N) is 8. The molecule has 0 atom stereocenters. The summed E-state index contributed by atoms with van der Waals surface area (Å²) in [4.78, 5) is 3.95. The first-order valence-corrected chi connectivity index (χ1v) is 9.01. The van der Waals surface area contributed by atoms with E-state index in [0.29, 0.717) is 24.8 Å². The van der Waals surface area contributed by atoms with Crippen molar-refractivity contribution in [2.75, 3.05) is 29.9 Å². The van der Waals surface area contributed by atoms with Crippen LogP contribution in [-0.2, 0) is 6.18 Å². The van der Waals surface area contributed by atoms with Crippen molar-refractivity contribution < 1.29 is 13.2 Å². The fraction of sp³-hybridized carbons (Fsp3) is 0.471. The highest BCUT2D eigenvalue weighted by molar-refractivity contribution is 5.50. The lowest BCUT2D eigenvalue weighted by Crippen LogP contribution is -2.59. The zero-order valence-corrected chi connectivity index (χ0v) is 15.0. The Balaban J connectivity index is 1.30. The first kappa shape index (κ1) is 17.1. The SMILES string of the molecule is CN(c1ccc2nnc(C(F)(F)F)n2n1)C1CN(c2ccc(C3CC3)nn2)C1. The summed E-state index contributed by atoms with van der Waals surface area (Å²) in [6.07, 6.45) is -2.24. The van der Waals surface area contributed by atoms with Gasteiger partial charge in [-0.1, -0.05) is 0 Å². The predicted molar refractivity (Wildman–Crippen MR) is 94.2 cm³/mol. The number of aromatic nitrogens is 6. The molecule has 28 heavy (non-hydrogen) atoms. The smallest absolute Gasteiger partial charge is 0.352 e. The first-order valence-electron chi connectivity index (χ1n) is 9.01. The Kier molecular flexibility index (Phi) is 3.68. The molecule has 1 saturated heterocycles. The van der Waals surface area contributed by atoms with E-state index in [2.05, 4.69) is 30.4 Å². The number of rotatable bonds is 4. The van der Waals surface area contributed by atoms with Crippen LogP contribution in [-0.4, -0.2) is 56.2 Å². The molecule has 4 heterocycles. The highest BCUT2D eigenvalue weighted by atomic mass is 19.4. The number of hydrogen-bond acceptors (Lipinski definition) is 7. The van der Waals surface area contributed by atoms with Crippen LogP contribution in [0.2, 0.25) is 0 Å². The molecule has 2 aliphatic rings. The Morgan fingerprint density at radius 3 is 2.43 bits per heavy atom. The number of alkyl halides is 3. The topological polar surface area (TPSA) is 75.3 Å². The lowest BCUT2D eigenvalue weighted by Gasteiger charge is -2.44. The third-order valence-corrected chi connectivity index (χ3v) is 5.26. The number of hydrogen-bond donors (Lipinski definition) is 0. The minimum absolute atomic E-state index is 0.0609. The van der Waals surface area contributed by atoms with E-state index in [1.807, 2.05) is 24.1 Å². The molecule has 2 fully saturated rings. The van der Waals surface area contributed by atoms with Gasteiger partial charge in [-0.2, -0.15) is 22.8 Å². The molecule has 11 heteroatoms. The second-order valence-electron chi connectivity index (χ2n) is 7.24. The van der Waals surface area contributed by atoms with Gasteiger partial charge in [0.05, 0.1) is 11.7 Å². The van der Waals surface area contributed by atoms with Crippen molar-refractivity contribution in [2.24, 2.45) is 0 Å². The van der Waals surface area contributed by atoms with Crippen molar-refractivity contribution in [2.45, 2.75) is 31.0 Å². The van der Waals surface area contributed by atoms with Crippen LogP contribution in [0.4, 0.5) is 24.8 Å². The van der Waals surface area contributed by atoms with Crippen molar-refractivity contribution in [1.82, 2.24) is 30.0 Å². The molecule has 0 spiro atoms. The molecule has 0 N–H and O–H groups in total. The summed E-state index contributed by atoms with van der Waals surface area (Å²) in [5.41, 5.74) is 1.11. The van der Waals surface area contributed by atoms with Crippen LogP contribution < -0.4 is 9.80 Å². The molecule has 1 saturated carbocycles. The number of fused-ring (bicyclic) bond motifs is 1. The van der Waals surface area contributed by atoms with Crippen molar-refractivity contribution in [1.29, 1.82) is 0 Å². The maximum Gasteiger partial charge on any atom is 0.453 e. The average Bonchev–Trinajstić information content (AvgIpc) is 3.38. The zero-order chi connectivity index (χ0) is 19.5. The van der Waals surface area contributed by atoms with Gasteiger partial charge < -0.3 is 9.80 Å². The summed E-state index contributed by atoms with van der Waals surface area (Å²) in [5.74, 6) is 0.685. The van der Waals surface area contributed by atoms with E-state index in [4.69, 9.17) is 0 Å². The van der Waals surface area contributed by atoms with Gasteiger partial charge in [0.1, 0.15) is 5.82 Å². The molecule has 8 nitrogen and oxygen atoms in total. The number of anilines is 2. The molecule has 0 unspecified atom stereocenters. The van der Waals surface area contributed by atoms with E-state index in [-0.39, 0.29) is 11.7 Å². The molecular formula is C17H17F3N8. The monoisotopic (exact) mass is 390 g/mol. The van der Waals surface area contributed by atoms with E-state index >= 15 is 0 Å². The summed E-state index contributed by atoms with van der Waals surface area (Å²) < 4.78 is 39.9. The third-order valence-electron chi connectivity index (χ3n) is 5.26. The predicted octanol–water partition coefficient (Wildman–Crippen LogP) is 2.14. The van der Waals surface area contributed by atoms with Crippen molar-refractivity contribution >= 4 is 17.3 Å². The van der Waals surface area contributed by atoms with E-state index in [0.717, 1.165) is 16.0 Å². The zero-order valence-electron chi connectivity index (χ0n) is 15.0. The molecule has 3 aromatic heterocycles. The second-order valence-corrected chi connectivity index (χ2v) is 7.24. The van der Waals surface area contributed by atoms with E-state index in [9.17, 15) is 13.2 Å². The van der Waals surface area contributed by atoms with Crippen LogP contribution in [0.3, 0.4) is 0 Å². The maximum atomic E-state index is 13.0. The Bertz CT molecular complexity index is 1010. The molecule has 0 amide bonds. The van der Waals surface area contributed by atoms with Crippen LogP contribution in [0, 0.1) is 0 Å². The fourth-order valence-electron chi connectivity index (χ4n) is 3.32. The van der Waals surface area contributed by atoms with Gasteiger partial charge in [0.25, 0.3) is 5.82 Å². The quantitative estimate of drug-likeness (QED) is 0.676. The normalized spacial score (nSPS) is 17.8. The maximum absolute atomic E-state index is 13.0. The molecule has 146 valence electrons. The summed E-state index contributed by atoms with van der Waals surface area (Å²) in [6.45, 7) is 1.39. The highest BCUT2D eigenvalue weighted by Gasteiger charge is 2.38. The third kappa shape index (κ3) is 2.90. The van der Waals surface area contributed by atoms with Crippen molar-refractivity contribution in [3.63, 3.8) is 0 Å². The van der Waals surface area contributed by atoms with Gasteiger partial charge in [0, 0.05) is 26.1 Å². The van der Waals surface area contributed by atoms with Gasteiger partial charge in [0.2, 0.25) is 0 Å². The van der Waals surface area contributed by atoms with Gasteiger partial charge in [0.15, 0.2) is 11.5 Å². The Labute approximate surface area is 158 Å². The second kappa shape index (κ2) is 6.01. The molecular weight excluding hydrogens is 373 g/mol. The fourth-order valence-corrected chi connectivity index (χ4v) is 3.32. The van der Waals surface area contributed by atoms with Crippen LogP contribution in [0.15, 0.2) is 24.3 Å². The molecule has 3 aromatic rings. The van der Waals surface area contributed by atoms with Gasteiger partial charge in [-0.3, -0.25) is 0 Å². The van der Waals surface area contributed by atoms with Gasteiger partial charge in [-0.05, 0) is 37.1 Å². The molecule has 1 aliphatic heterocycles. The van der Waals surface area contributed by atoms with E-state index in [1.54, 1.807) is 6.07 Å². The van der Waals surface area contributed by atoms with Crippen LogP contribution in [0.5, 0.6) is 0 Å². The summed E-state index contributed by atoms with van der Waals surface area (Å²) in [5, 5.41) is 19.4. The summed E-state index contributed by atoms with van der Waals surface area (Å²) in [7, 11) is 1.82. The largest absolute Gasteiger partial charge is 0.453 e. The Morgan fingerprint density at radius 2 is 1.79 bits per heavy atom. The van der Waals surface area contributed by atoms with Crippen molar-refractivity contribution in [3.05, 3.63) is 35.8 Å². The lowest BCUT2D eigenvalue weighted by atomic mass is 10.1. The van der Waals surface area contributed by atoms with E-state index in [1.165, 1.54) is 18.9 Å². The highest BCUT2D eigenvalue weighted by Crippen LogP contribution is 2.39.